The molecule has 0 aromatic heterocycles. The molecular formula is C11H16ClFN2. The molecule has 0 saturated carbocycles. The Hall–Kier alpha value is -0.640. The van der Waals surface area contributed by atoms with Crippen molar-refractivity contribution < 1.29 is 4.39 Å². The Bertz CT molecular complexity index is 305. The highest BCUT2D eigenvalue weighted by atomic mass is 35.5. The SMILES string of the molecule is NCCCCNCc1cccc(Cl)c1F. The van der Waals surface area contributed by atoms with E-state index in [1.807, 2.05) is 0 Å². The summed E-state index contributed by atoms with van der Waals surface area (Å²) in [6.07, 6.45) is 2.00. The molecule has 0 atom stereocenters. The quantitative estimate of drug-likeness (QED) is 0.736. The van der Waals surface area contributed by atoms with E-state index in [9.17, 15) is 4.39 Å². The van der Waals surface area contributed by atoms with Crippen molar-refractivity contribution in [2.24, 2.45) is 5.73 Å². The Morgan fingerprint density at radius 1 is 1.33 bits per heavy atom. The molecule has 2 nitrogen and oxygen atoms in total. The van der Waals surface area contributed by atoms with Crippen LogP contribution in [-0.4, -0.2) is 13.1 Å². The third kappa shape index (κ3) is 4.16. The van der Waals surface area contributed by atoms with Gasteiger partial charge in [0.2, 0.25) is 0 Å². The summed E-state index contributed by atoms with van der Waals surface area (Å²) < 4.78 is 13.4. The maximum absolute atomic E-state index is 13.4. The van der Waals surface area contributed by atoms with Crippen LogP contribution >= 0.6 is 11.6 Å². The van der Waals surface area contributed by atoms with Gasteiger partial charge in [0, 0.05) is 12.1 Å². The van der Waals surface area contributed by atoms with E-state index in [2.05, 4.69) is 5.32 Å². The van der Waals surface area contributed by atoms with Gasteiger partial charge in [-0.2, -0.15) is 0 Å². The third-order valence-corrected chi connectivity index (χ3v) is 2.45. The van der Waals surface area contributed by atoms with E-state index < -0.39 is 0 Å². The van der Waals surface area contributed by atoms with E-state index in [1.165, 1.54) is 0 Å². The minimum atomic E-state index is -0.328. The molecule has 0 heterocycles. The zero-order valence-electron chi connectivity index (χ0n) is 8.60. The van der Waals surface area contributed by atoms with E-state index in [0.717, 1.165) is 19.4 Å². The van der Waals surface area contributed by atoms with Gasteiger partial charge < -0.3 is 11.1 Å². The Labute approximate surface area is 94.6 Å². The smallest absolute Gasteiger partial charge is 0.146 e. The van der Waals surface area contributed by atoms with Gasteiger partial charge in [0.15, 0.2) is 0 Å². The highest BCUT2D eigenvalue weighted by Gasteiger charge is 2.04. The first-order chi connectivity index (χ1) is 7.25. The minimum Gasteiger partial charge on any atom is -0.330 e. The molecule has 0 fully saturated rings. The lowest BCUT2D eigenvalue weighted by atomic mass is 10.2. The summed E-state index contributed by atoms with van der Waals surface area (Å²) >= 11 is 5.66. The molecule has 3 N–H and O–H groups in total. The largest absolute Gasteiger partial charge is 0.330 e. The minimum absolute atomic E-state index is 0.177. The fourth-order valence-electron chi connectivity index (χ4n) is 1.30. The van der Waals surface area contributed by atoms with Gasteiger partial charge in [0.05, 0.1) is 5.02 Å². The number of benzene rings is 1. The molecule has 1 aromatic carbocycles. The summed E-state index contributed by atoms with van der Waals surface area (Å²) in [5.74, 6) is -0.328. The number of halogens is 2. The fraction of sp³-hybridized carbons (Fsp3) is 0.455. The van der Waals surface area contributed by atoms with Crippen molar-refractivity contribution in [3.8, 4) is 0 Å². The van der Waals surface area contributed by atoms with Crippen LogP contribution in [0, 0.1) is 5.82 Å². The van der Waals surface area contributed by atoms with Gasteiger partial charge in [-0.05, 0) is 32.0 Å². The number of nitrogens with two attached hydrogens (primary N) is 1. The van der Waals surface area contributed by atoms with Gasteiger partial charge in [-0.1, -0.05) is 23.7 Å². The third-order valence-electron chi connectivity index (χ3n) is 2.15. The Morgan fingerprint density at radius 2 is 2.13 bits per heavy atom. The second-order valence-corrected chi connectivity index (χ2v) is 3.79. The summed E-state index contributed by atoms with van der Waals surface area (Å²) in [5, 5.41) is 3.33. The first-order valence-electron chi connectivity index (χ1n) is 5.09. The summed E-state index contributed by atoms with van der Waals surface area (Å²) in [6.45, 7) is 2.06. The average molecular weight is 231 g/mol. The highest BCUT2D eigenvalue weighted by Crippen LogP contribution is 2.17. The van der Waals surface area contributed by atoms with Gasteiger partial charge in [0.1, 0.15) is 5.82 Å². The van der Waals surface area contributed by atoms with Crippen molar-refractivity contribution in [1.29, 1.82) is 0 Å². The molecule has 0 saturated heterocycles. The number of hydrogen-bond donors (Lipinski definition) is 2. The lowest BCUT2D eigenvalue weighted by Crippen LogP contribution is -2.16. The van der Waals surface area contributed by atoms with Crippen LogP contribution in [0.1, 0.15) is 18.4 Å². The number of unbranched alkanes of at least 4 members (excludes halogenated alkanes) is 1. The maximum Gasteiger partial charge on any atom is 0.146 e. The molecule has 0 spiro atoms. The van der Waals surface area contributed by atoms with Crippen LogP contribution in [0.2, 0.25) is 5.02 Å². The first kappa shape index (κ1) is 12.4. The van der Waals surface area contributed by atoms with Crippen LogP contribution in [0.15, 0.2) is 18.2 Å². The average Bonchev–Trinajstić information content (AvgIpc) is 2.24. The predicted octanol–water partition coefficient (Wildman–Crippen LogP) is 2.31. The Morgan fingerprint density at radius 3 is 2.87 bits per heavy atom. The van der Waals surface area contributed by atoms with Crippen molar-refractivity contribution in [3.05, 3.63) is 34.6 Å². The van der Waals surface area contributed by atoms with Crippen LogP contribution in [-0.2, 0) is 6.54 Å². The van der Waals surface area contributed by atoms with E-state index in [1.54, 1.807) is 18.2 Å². The van der Waals surface area contributed by atoms with E-state index in [4.69, 9.17) is 17.3 Å². The lowest BCUT2D eigenvalue weighted by Gasteiger charge is -2.06. The second kappa shape index (κ2) is 6.77. The topological polar surface area (TPSA) is 38.0 Å². The fourth-order valence-corrected chi connectivity index (χ4v) is 1.50. The number of nitrogens with one attached hydrogen (secondary N) is 1. The van der Waals surface area contributed by atoms with E-state index >= 15 is 0 Å². The summed E-state index contributed by atoms with van der Waals surface area (Å²) in [6, 6.07) is 5.04. The van der Waals surface area contributed by atoms with E-state index in [-0.39, 0.29) is 10.8 Å². The van der Waals surface area contributed by atoms with Crippen LogP contribution < -0.4 is 11.1 Å². The molecule has 1 rings (SSSR count). The predicted molar refractivity (Wildman–Crippen MR) is 61.4 cm³/mol. The van der Waals surface area contributed by atoms with Crippen molar-refractivity contribution in [2.45, 2.75) is 19.4 Å². The van der Waals surface area contributed by atoms with Crippen LogP contribution in [0.25, 0.3) is 0 Å². The molecule has 0 radical (unpaired) electrons. The van der Waals surface area contributed by atoms with Crippen LogP contribution in [0.4, 0.5) is 4.39 Å². The van der Waals surface area contributed by atoms with Gasteiger partial charge >= 0.3 is 0 Å². The molecule has 15 heavy (non-hydrogen) atoms. The van der Waals surface area contributed by atoms with Crippen LogP contribution in [0.3, 0.4) is 0 Å². The molecule has 0 aliphatic carbocycles. The number of hydrogen-bond acceptors (Lipinski definition) is 2. The zero-order chi connectivity index (χ0) is 11.1. The van der Waals surface area contributed by atoms with Crippen molar-refractivity contribution >= 4 is 11.6 Å². The first-order valence-corrected chi connectivity index (χ1v) is 5.47. The molecule has 1 aromatic rings. The Kier molecular flexibility index (Phi) is 5.61. The zero-order valence-corrected chi connectivity index (χ0v) is 9.36. The number of rotatable bonds is 6. The standard InChI is InChI=1S/C11H16ClFN2/c12-10-5-3-4-9(11(10)13)8-15-7-2-1-6-14/h3-5,15H,1-2,6-8,14H2. The molecule has 0 aliphatic heterocycles. The lowest BCUT2D eigenvalue weighted by molar-refractivity contribution is 0.577. The monoisotopic (exact) mass is 230 g/mol. The van der Waals surface area contributed by atoms with Gasteiger partial charge in [-0.15, -0.1) is 0 Å². The van der Waals surface area contributed by atoms with Gasteiger partial charge in [-0.3, -0.25) is 0 Å². The molecule has 84 valence electrons. The highest BCUT2D eigenvalue weighted by molar-refractivity contribution is 6.30. The van der Waals surface area contributed by atoms with Gasteiger partial charge in [-0.25, -0.2) is 4.39 Å². The molecule has 0 amide bonds. The van der Waals surface area contributed by atoms with E-state index in [0.29, 0.717) is 18.7 Å². The van der Waals surface area contributed by atoms with Gasteiger partial charge in [0.25, 0.3) is 0 Å². The van der Waals surface area contributed by atoms with Crippen molar-refractivity contribution in [1.82, 2.24) is 5.32 Å². The molecule has 0 aliphatic rings. The summed E-state index contributed by atoms with van der Waals surface area (Å²) in [5.41, 5.74) is 5.97. The molecule has 0 bridgehead atoms. The summed E-state index contributed by atoms with van der Waals surface area (Å²) in [7, 11) is 0. The Balaban J connectivity index is 2.34. The van der Waals surface area contributed by atoms with Crippen molar-refractivity contribution in [2.75, 3.05) is 13.1 Å². The maximum atomic E-state index is 13.4. The molecule has 0 unspecified atom stereocenters. The second-order valence-electron chi connectivity index (χ2n) is 3.39. The molecule has 4 heteroatoms. The summed E-state index contributed by atoms with van der Waals surface area (Å²) in [4.78, 5) is 0. The van der Waals surface area contributed by atoms with Crippen molar-refractivity contribution in [3.63, 3.8) is 0 Å². The molecular weight excluding hydrogens is 215 g/mol. The normalized spacial score (nSPS) is 10.6. The van der Waals surface area contributed by atoms with Crippen LogP contribution in [0.5, 0.6) is 0 Å².